The van der Waals surface area contributed by atoms with Crippen LogP contribution < -0.4 is 10.6 Å². The van der Waals surface area contributed by atoms with Crippen molar-refractivity contribution >= 4 is 11.7 Å². The fourth-order valence-electron chi connectivity index (χ4n) is 1.17. The van der Waals surface area contributed by atoms with Gasteiger partial charge in [0.2, 0.25) is 0 Å². The van der Waals surface area contributed by atoms with Crippen molar-refractivity contribution in [2.75, 3.05) is 5.32 Å². The van der Waals surface area contributed by atoms with Crippen LogP contribution in [0.3, 0.4) is 0 Å². The van der Waals surface area contributed by atoms with Crippen LogP contribution in [-0.2, 0) is 0 Å². The Balaban J connectivity index is 2.62. The lowest BCUT2D eigenvalue weighted by molar-refractivity contribution is 0.246. The van der Waals surface area contributed by atoms with Crippen molar-refractivity contribution in [3.05, 3.63) is 29.8 Å². The normalized spacial score (nSPS) is 12.4. The summed E-state index contributed by atoms with van der Waals surface area (Å²) in [4.78, 5) is 11.5. The van der Waals surface area contributed by atoms with E-state index in [1.165, 1.54) is 0 Å². The Bertz CT molecular complexity index is 387. The zero-order valence-corrected chi connectivity index (χ0v) is 10.1. The number of anilines is 1. The van der Waals surface area contributed by atoms with Crippen molar-refractivity contribution in [1.29, 1.82) is 0 Å². The second kappa shape index (κ2) is 5.61. The fourth-order valence-corrected chi connectivity index (χ4v) is 1.17. The molecule has 0 heterocycles. The lowest BCUT2D eigenvalue weighted by Crippen LogP contribution is -2.39. The highest BCUT2D eigenvalue weighted by atomic mass is 19.1. The second-order valence-electron chi connectivity index (χ2n) is 4.29. The first-order valence-corrected chi connectivity index (χ1v) is 5.42. The Morgan fingerprint density at radius 1 is 1.12 bits per heavy atom. The Hall–Kier alpha value is -1.65. The molecule has 17 heavy (non-hydrogen) atoms. The van der Waals surface area contributed by atoms with Gasteiger partial charge in [0, 0.05) is 17.8 Å². The Kier molecular flexibility index (Phi) is 4.43. The van der Waals surface area contributed by atoms with Crippen LogP contribution >= 0.6 is 0 Å². The molecule has 0 radical (unpaired) electrons. The van der Waals surface area contributed by atoms with Gasteiger partial charge in [-0.05, 0) is 25.0 Å². The van der Waals surface area contributed by atoms with Gasteiger partial charge in [0.25, 0.3) is 0 Å². The highest BCUT2D eigenvalue weighted by Gasteiger charge is 2.11. The third-order valence-corrected chi connectivity index (χ3v) is 2.48. The number of rotatable bonds is 3. The van der Waals surface area contributed by atoms with E-state index in [-0.39, 0.29) is 17.6 Å². The molecule has 0 spiro atoms. The smallest absolute Gasteiger partial charge is 0.319 e. The van der Waals surface area contributed by atoms with Gasteiger partial charge >= 0.3 is 6.03 Å². The summed E-state index contributed by atoms with van der Waals surface area (Å²) < 4.78 is 25.7. The standard InChI is InChI=1S/C12H16F2N2O/c1-7(2)8(3)15-12(17)16-11-5-9(13)4-10(14)6-11/h4-8H,1-3H3,(H2,15,16,17). The number of urea groups is 1. The Morgan fingerprint density at radius 2 is 1.65 bits per heavy atom. The fraction of sp³-hybridized carbons (Fsp3) is 0.417. The maximum Gasteiger partial charge on any atom is 0.319 e. The van der Waals surface area contributed by atoms with Crippen LogP contribution in [0.1, 0.15) is 20.8 Å². The minimum absolute atomic E-state index is 0.0200. The average Bonchev–Trinajstić information content (AvgIpc) is 2.14. The summed E-state index contributed by atoms with van der Waals surface area (Å²) in [7, 11) is 0. The lowest BCUT2D eigenvalue weighted by Gasteiger charge is -2.17. The van der Waals surface area contributed by atoms with Gasteiger partial charge in [-0.1, -0.05) is 13.8 Å². The zero-order chi connectivity index (χ0) is 13.0. The summed E-state index contributed by atoms with van der Waals surface area (Å²) in [6.07, 6.45) is 0. The van der Waals surface area contributed by atoms with Crippen molar-refractivity contribution in [1.82, 2.24) is 5.32 Å². The lowest BCUT2D eigenvalue weighted by atomic mass is 10.1. The predicted octanol–water partition coefficient (Wildman–Crippen LogP) is 3.13. The summed E-state index contributed by atoms with van der Waals surface area (Å²) in [5.74, 6) is -1.17. The van der Waals surface area contributed by atoms with Crippen LogP contribution in [0.4, 0.5) is 19.3 Å². The molecule has 2 amide bonds. The van der Waals surface area contributed by atoms with E-state index in [0.717, 1.165) is 18.2 Å². The molecule has 0 aliphatic heterocycles. The van der Waals surface area contributed by atoms with E-state index in [1.54, 1.807) is 0 Å². The predicted molar refractivity (Wildman–Crippen MR) is 62.8 cm³/mol. The monoisotopic (exact) mass is 242 g/mol. The van der Waals surface area contributed by atoms with Crippen molar-refractivity contribution in [3.8, 4) is 0 Å². The topological polar surface area (TPSA) is 41.1 Å². The van der Waals surface area contributed by atoms with Gasteiger partial charge < -0.3 is 10.6 Å². The summed E-state index contributed by atoms with van der Waals surface area (Å²) in [6, 6.07) is 2.37. The largest absolute Gasteiger partial charge is 0.335 e. The molecule has 1 aromatic carbocycles. The van der Waals surface area contributed by atoms with Gasteiger partial charge in [0.15, 0.2) is 0 Å². The molecule has 0 saturated carbocycles. The second-order valence-corrected chi connectivity index (χ2v) is 4.29. The molecule has 3 nitrogen and oxygen atoms in total. The molecule has 0 aliphatic rings. The summed E-state index contributed by atoms with van der Waals surface area (Å²) >= 11 is 0. The third-order valence-electron chi connectivity index (χ3n) is 2.48. The Labute approximate surface area is 99.2 Å². The van der Waals surface area contributed by atoms with Crippen LogP contribution in [0.25, 0.3) is 0 Å². The van der Waals surface area contributed by atoms with Gasteiger partial charge in [0.1, 0.15) is 11.6 Å². The molecule has 1 aromatic rings. The first-order valence-electron chi connectivity index (χ1n) is 5.42. The number of amides is 2. The van der Waals surface area contributed by atoms with Crippen LogP contribution in [0.15, 0.2) is 18.2 Å². The van der Waals surface area contributed by atoms with Gasteiger partial charge in [-0.2, -0.15) is 0 Å². The molecule has 0 aliphatic carbocycles. The highest BCUT2D eigenvalue weighted by Crippen LogP contribution is 2.12. The molecule has 0 fully saturated rings. The average molecular weight is 242 g/mol. The molecule has 94 valence electrons. The molecule has 1 unspecified atom stereocenters. The molecule has 0 bridgehead atoms. The molecular weight excluding hydrogens is 226 g/mol. The molecular formula is C12H16F2N2O. The number of nitrogens with one attached hydrogen (secondary N) is 2. The zero-order valence-electron chi connectivity index (χ0n) is 10.1. The highest BCUT2D eigenvalue weighted by molar-refractivity contribution is 5.89. The van der Waals surface area contributed by atoms with Crippen molar-refractivity contribution < 1.29 is 13.6 Å². The number of carbonyl (C=O) groups excluding carboxylic acids is 1. The van der Waals surface area contributed by atoms with Crippen LogP contribution in [0.5, 0.6) is 0 Å². The van der Waals surface area contributed by atoms with Crippen LogP contribution in [0.2, 0.25) is 0 Å². The van der Waals surface area contributed by atoms with Gasteiger partial charge in [-0.25, -0.2) is 13.6 Å². The SMILES string of the molecule is CC(C)C(C)NC(=O)Nc1cc(F)cc(F)c1. The molecule has 0 aromatic heterocycles. The van der Waals surface area contributed by atoms with E-state index < -0.39 is 17.7 Å². The number of hydrogen-bond donors (Lipinski definition) is 2. The molecule has 1 atom stereocenters. The molecule has 1 rings (SSSR count). The molecule has 2 N–H and O–H groups in total. The van der Waals surface area contributed by atoms with Gasteiger partial charge in [-0.3, -0.25) is 0 Å². The van der Waals surface area contributed by atoms with Gasteiger partial charge in [0.05, 0.1) is 0 Å². The number of halogens is 2. The first-order chi connectivity index (χ1) is 7.88. The quantitative estimate of drug-likeness (QED) is 0.840. The van der Waals surface area contributed by atoms with Crippen molar-refractivity contribution in [2.24, 2.45) is 5.92 Å². The van der Waals surface area contributed by atoms with Gasteiger partial charge in [-0.15, -0.1) is 0 Å². The van der Waals surface area contributed by atoms with E-state index in [0.29, 0.717) is 0 Å². The van der Waals surface area contributed by atoms with Crippen molar-refractivity contribution in [3.63, 3.8) is 0 Å². The number of carbonyl (C=O) groups is 1. The third kappa shape index (κ3) is 4.38. The number of benzene rings is 1. The minimum Gasteiger partial charge on any atom is -0.335 e. The van der Waals surface area contributed by atoms with E-state index in [9.17, 15) is 13.6 Å². The van der Waals surface area contributed by atoms with E-state index >= 15 is 0 Å². The first kappa shape index (κ1) is 13.4. The maximum absolute atomic E-state index is 12.9. The van der Waals surface area contributed by atoms with Crippen LogP contribution in [-0.4, -0.2) is 12.1 Å². The summed E-state index contributed by atoms with van der Waals surface area (Å²) in [5.41, 5.74) is 0.0935. The summed E-state index contributed by atoms with van der Waals surface area (Å²) in [6.45, 7) is 5.79. The molecule has 0 saturated heterocycles. The van der Waals surface area contributed by atoms with Crippen molar-refractivity contribution in [2.45, 2.75) is 26.8 Å². The molecule has 5 heteroatoms. The van der Waals surface area contributed by atoms with E-state index in [2.05, 4.69) is 10.6 Å². The summed E-state index contributed by atoms with van der Waals surface area (Å²) in [5, 5.41) is 5.05. The number of hydrogen-bond acceptors (Lipinski definition) is 1. The minimum atomic E-state index is -0.725. The van der Waals surface area contributed by atoms with E-state index in [1.807, 2.05) is 20.8 Å². The maximum atomic E-state index is 12.9. The Morgan fingerprint density at radius 3 is 2.12 bits per heavy atom. The van der Waals surface area contributed by atoms with Crippen LogP contribution in [0, 0.1) is 17.6 Å². The van der Waals surface area contributed by atoms with E-state index in [4.69, 9.17) is 0 Å².